The zero-order valence-corrected chi connectivity index (χ0v) is 13.3. The molecule has 1 unspecified atom stereocenters. The number of nitrogens with zero attached hydrogens (tertiary/aromatic N) is 3. The van der Waals surface area contributed by atoms with Gasteiger partial charge in [0.15, 0.2) is 0 Å². The van der Waals surface area contributed by atoms with Crippen LogP contribution < -0.4 is 10.8 Å². The van der Waals surface area contributed by atoms with E-state index in [9.17, 15) is 4.79 Å². The molecule has 3 aromatic rings. The zero-order chi connectivity index (χ0) is 16.5. The summed E-state index contributed by atoms with van der Waals surface area (Å²) < 4.78 is 5.05. The Morgan fingerprint density at radius 1 is 1.12 bits per heavy atom. The smallest absolute Gasteiger partial charge is 0.386 e. The zero-order valence-electron chi connectivity index (χ0n) is 12.5. The highest BCUT2D eigenvalue weighted by Gasteiger charge is 2.32. The highest BCUT2D eigenvalue weighted by atomic mass is 35.5. The Kier molecular flexibility index (Phi) is 3.66. The second-order valence-electron chi connectivity index (χ2n) is 5.42. The molecule has 0 saturated heterocycles. The molecule has 2 aromatic carbocycles. The van der Waals surface area contributed by atoms with Gasteiger partial charge in [0.05, 0.1) is 11.7 Å². The van der Waals surface area contributed by atoms with E-state index in [0.29, 0.717) is 17.2 Å². The number of aromatic amines is 1. The van der Waals surface area contributed by atoms with Crippen molar-refractivity contribution in [3.05, 3.63) is 81.6 Å². The van der Waals surface area contributed by atoms with Crippen molar-refractivity contribution in [3.63, 3.8) is 0 Å². The largest absolute Gasteiger partial charge is 0.434 e. The van der Waals surface area contributed by atoms with E-state index in [1.165, 1.54) is 0 Å². The van der Waals surface area contributed by atoms with Crippen LogP contribution in [0.4, 0.5) is 5.69 Å². The SMILES string of the molecule is O=c1[nH]nc(C2=NN(c3ccccc3)C(c3ccc(Cl)cc3)C2)o1. The molecule has 2 heterocycles. The summed E-state index contributed by atoms with van der Waals surface area (Å²) in [6.07, 6.45) is 0.574. The van der Waals surface area contributed by atoms with Crippen molar-refractivity contribution in [1.29, 1.82) is 0 Å². The summed E-state index contributed by atoms with van der Waals surface area (Å²) in [6.45, 7) is 0. The second-order valence-corrected chi connectivity index (χ2v) is 5.85. The van der Waals surface area contributed by atoms with Gasteiger partial charge in [-0.15, -0.1) is 5.10 Å². The highest BCUT2D eigenvalue weighted by Crippen LogP contribution is 2.36. The third kappa shape index (κ3) is 2.72. The van der Waals surface area contributed by atoms with Gasteiger partial charge < -0.3 is 4.42 Å². The number of para-hydroxylation sites is 1. The van der Waals surface area contributed by atoms with Crippen LogP contribution in [0, 0.1) is 0 Å². The fraction of sp³-hybridized carbons (Fsp3) is 0.118. The van der Waals surface area contributed by atoms with Gasteiger partial charge in [-0.3, -0.25) is 5.01 Å². The minimum absolute atomic E-state index is 0.0262. The molecule has 0 amide bonds. The van der Waals surface area contributed by atoms with Gasteiger partial charge in [0, 0.05) is 11.4 Å². The quantitative estimate of drug-likeness (QED) is 0.793. The van der Waals surface area contributed by atoms with E-state index in [1.807, 2.05) is 59.6 Å². The van der Waals surface area contributed by atoms with Crippen molar-refractivity contribution < 1.29 is 4.42 Å². The number of nitrogens with one attached hydrogen (secondary N) is 1. The second kappa shape index (κ2) is 5.98. The lowest BCUT2D eigenvalue weighted by Crippen LogP contribution is -2.18. The predicted molar refractivity (Wildman–Crippen MR) is 91.4 cm³/mol. The van der Waals surface area contributed by atoms with Crippen molar-refractivity contribution in [2.75, 3.05) is 5.01 Å². The first kappa shape index (κ1) is 14.7. The van der Waals surface area contributed by atoms with Gasteiger partial charge in [-0.2, -0.15) is 5.10 Å². The molecule has 1 aromatic heterocycles. The third-order valence-electron chi connectivity index (χ3n) is 3.87. The van der Waals surface area contributed by atoms with Crippen LogP contribution in [0.3, 0.4) is 0 Å². The molecule has 0 fully saturated rings. The number of hydrazone groups is 1. The maximum absolute atomic E-state index is 11.2. The van der Waals surface area contributed by atoms with Gasteiger partial charge in [0.1, 0.15) is 5.71 Å². The first-order valence-corrected chi connectivity index (χ1v) is 7.81. The Morgan fingerprint density at radius 2 is 1.88 bits per heavy atom. The number of aromatic nitrogens is 2. The fourth-order valence-corrected chi connectivity index (χ4v) is 2.88. The molecule has 1 N–H and O–H groups in total. The molecule has 0 aliphatic carbocycles. The van der Waals surface area contributed by atoms with Crippen LogP contribution in [0.1, 0.15) is 23.9 Å². The maximum atomic E-state index is 11.2. The molecule has 1 aliphatic heterocycles. The van der Waals surface area contributed by atoms with Gasteiger partial charge >= 0.3 is 5.76 Å². The molecule has 4 rings (SSSR count). The summed E-state index contributed by atoms with van der Waals surface area (Å²) in [4.78, 5) is 11.2. The van der Waals surface area contributed by atoms with Gasteiger partial charge in [-0.05, 0) is 29.8 Å². The first-order chi connectivity index (χ1) is 11.7. The molecule has 0 spiro atoms. The van der Waals surface area contributed by atoms with Crippen LogP contribution in [0.5, 0.6) is 0 Å². The number of hydrogen-bond donors (Lipinski definition) is 1. The lowest BCUT2D eigenvalue weighted by molar-refractivity contribution is 0.503. The lowest BCUT2D eigenvalue weighted by Gasteiger charge is -2.23. The van der Waals surface area contributed by atoms with Crippen LogP contribution in [-0.4, -0.2) is 15.9 Å². The minimum atomic E-state index is -0.589. The Bertz CT molecular complexity index is 931. The Morgan fingerprint density at radius 3 is 2.54 bits per heavy atom. The van der Waals surface area contributed by atoms with E-state index in [4.69, 9.17) is 16.0 Å². The number of rotatable bonds is 3. The molecule has 7 heteroatoms. The topological polar surface area (TPSA) is 74.5 Å². The number of hydrogen-bond acceptors (Lipinski definition) is 5. The fourth-order valence-electron chi connectivity index (χ4n) is 2.76. The van der Waals surface area contributed by atoms with Crippen molar-refractivity contribution in [1.82, 2.24) is 10.2 Å². The summed E-state index contributed by atoms with van der Waals surface area (Å²) in [7, 11) is 0. The van der Waals surface area contributed by atoms with E-state index in [1.54, 1.807) is 0 Å². The van der Waals surface area contributed by atoms with E-state index < -0.39 is 5.76 Å². The Labute approximate surface area is 142 Å². The van der Waals surface area contributed by atoms with Crippen molar-refractivity contribution in [2.24, 2.45) is 5.10 Å². The molecule has 24 heavy (non-hydrogen) atoms. The van der Waals surface area contributed by atoms with Gasteiger partial charge in [0.2, 0.25) is 0 Å². The molecular formula is C17H13ClN4O2. The van der Waals surface area contributed by atoms with Crippen LogP contribution in [-0.2, 0) is 0 Å². The number of H-pyrrole nitrogens is 1. The molecule has 6 nitrogen and oxygen atoms in total. The first-order valence-electron chi connectivity index (χ1n) is 7.44. The van der Waals surface area contributed by atoms with Crippen molar-refractivity contribution >= 4 is 23.0 Å². The van der Waals surface area contributed by atoms with Gasteiger partial charge in [-0.25, -0.2) is 9.89 Å². The van der Waals surface area contributed by atoms with Crippen molar-refractivity contribution in [2.45, 2.75) is 12.5 Å². The van der Waals surface area contributed by atoms with Crippen LogP contribution in [0.25, 0.3) is 0 Å². The third-order valence-corrected chi connectivity index (χ3v) is 4.12. The van der Waals surface area contributed by atoms with E-state index >= 15 is 0 Å². The molecule has 0 radical (unpaired) electrons. The summed E-state index contributed by atoms with van der Waals surface area (Å²) in [5, 5.41) is 13.4. The standard InChI is InChI=1S/C17H13ClN4O2/c18-12-8-6-11(7-9-12)15-10-14(16-19-20-17(23)24-16)21-22(15)13-4-2-1-3-5-13/h1-9,15H,10H2,(H,20,23). The summed E-state index contributed by atoms with van der Waals surface area (Å²) in [6, 6.07) is 17.5. The van der Waals surface area contributed by atoms with Gasteiger partial charge in [-0.1, -0.05) is 41.9 Å². The highest BCUT2D eigenvalue weighted by molar-refractivity contribution is 6.30. The number of halogens is 1. The van der Waals surface area contributed by atoms with E-state index in [0.717, 1.165) is 11.3 Å². The molecule has 0 bridgehead atoms. The normalized spacial score (nSPS) is 17.1. The van der Waals surface area contributed by atoms with Gasteiger partial charge in [0.25, 0.3) is 5.89 Å². The number of benzene rings is 2. The molecule has 120 valence electrons. The predicted octanol–water partition coefficient (Wildman–Crippen LogP) is 3.37. The molecule has 1 aliphatic rings. The summed E-state index contributed by atoms with van der Waals surface area (Å²) >= 11 is 5.99. The van der Waals surface area contributed by atoms with E-state index in [-0.39, 0.29) is 11.9 Å². The van der Waals surface area contributed by atoms with E-state index in [2.05, 4.69) is 15.3 Å². The van der Waals surface area contributed by atoms with Crippen LogP contribution >= 0.6 is 11.6 Å². The molecule has 1 atom stereocenters. The average molecular weight is 341 g/mol. The Hall–Kier alpha value is -2.86. The Balaban J connectivity index is 1.75. The maximum Gasteiger partial charge on any atom is 0.434 e. The average Bonchev–Trinajstić information content (AvgIpc) is 3.23. The lowest BCUT2D eigenvalue weighted by atomic mass is 10.0. The summed E-state index contributed by atoms with van der Waals surface area (Å²) in [5.41, 5.74) is 2.64. The summed E-state index contributed by atoms with van der Waals surface area (Å²) in [5.74, 6) is -0.369. The number of anilines is 1. The monoisotopic (exact) mass is 340 g/mol. The molecule has 0 saturated carbocycles. The molecular weight excluding hydrogens is 328 g/mol. The van der Waals surface area contributed by atoms with Crippen LogP contribution in [0.15, 0.2) is 68.9 Å². The minimum Gasteiger partial charge on any atom is -0.386 e. The van der Waals surface area contributed by atoms with Crippen molar-refractivity contribution in [3.8, 4) is 0 Å². The van der Waals surface area contributed by atoms with Crippen LogP contribution in [0.2, 0.25) is 5.02 Å².